The van der Waals surface area contributed by atoms with Gasteiger partial charge in [-0.25, -0.2) is 4.42 Å². The zero-order chi connectivity index (χ0) is 17.1. The third-order valence-corrected chi connectivity index (χ3v) is 4.28. The number of methoxy groups -OCH3 is 2. The van der Waals surface area contributed by atoms with E-state index in [-0.39, 0.29) is 0 Å². The Hall–Kier alpha value is -2.33. The van der Waals surface area contributed by atoms with Crippen molar-refractivity contribution in [1.82, 2.24) is 0 Å². The first kappa shape index (κ1) is 16.5. The fourth-order valence-corrected chi connectivity index (χ4v) is 2.84. The van der Waals surface area contributed by atoms with Crippen LogP contribution < -0.4 is 9.47 Å². The van der Waals surface area contributed by atoms with Crippen molar-refractivity contribution < 1.29 is 13.9 Å². The van der Waals surface area contributed by atoms with Crippen LogP contribution in [0.15, 0.2) is 51.4 Å². The van der Waals surface area contributed by atoms with E-state index in [0.717, 1.165) is 32.3 Å². The minimum absolute atomic E-state index is 0.683. The second-order valence-corrected chi connectivity index (χ2v) is 6.32. The van der Waals surface area contributed by atoms with Crippen LogP contribution in [0, 0.1) is 6.92 Å². The van der Waals surface area contributed by atoms with E-state index >= 15 is 0 Å². The zero-order valence-electron chi connectivity index (χ0n) is 13.8. The summed E-state index contributed by atoms with van der Waals surface area (Å²) in [6, 6.07) is 14.0. The van der Waals surface area contributed by atoms with Crippen LogP contribution in [0.3, 0.4) is 0 Å². The van der Waals surface area contributed by atoms with Crippen LogP contribution in [0.2, 0.25) is 0 Å². The van der Waals surface area contributed by atoms with Gasteiger partial charge in [-0.3, -0.25) is 0 Å². The lowest BCUT2D eigenvalue weighted by Gasteiger charge is -2.08. The van der Waals surface area contributed by atoms with Gasteiger partial charge >= 0.3 is 11.5 Å². The molecule has 1 aromatic heterocycles. The quantitative estimate of drug-likeness (QED) is 0.517. The van der Waals surface area contributed by atoms with Crippen LogP contribution in [0.25, 0.3) is 22.9 Å². The zero-order valence-corrected chi connectivity index (χ0v) is 15.4. The molecule has 2 aromatic carbocycles. The van der Waals surface area contributed by atoms with Gasteiger partial charge < -0.3 is 9.47 Å². The summed E-state index contributed by atoms with van der Waals surface area (Å²) in [5.74, 6) is 3.01. The summed E-state index contributed by atoms with van der Waals surface area (Å²) in [6.07, 6.45) is 4.01. The molecule has 0 N–H and O–H groups in total. The Bertz CT molecular complexity index is 899. The molecule has 0 unspecified atom stereocenters. The van der Waals surface area contributed by atoms with Gasteiger partial charge in [0.1, 0.15) is 0 Å². The van der Waals surface area contributed by atoms with E-state index in [1.165, 1.54) is 0 Å². The molecule has 0 fully saturated rings. The Kier molecular flexibility index (Phi) is 4.86. The molecule has 0 amide bonds. The summed E-state index contributed by atoms with van der Waals surface area (Å²) < 4.78 is 17.8. The molecule has 3 rings (SSSR count). The highest BCUT2D eigenvalue weighted by Crippen LogP contribution is 2.34. The largest absolute Gasteiger partial charge is 0.493 e. The molecule has 4 heteroatoms. The number of hydrogen-bond acceptors (Lipinski definition) is 2. The number of ether oxygens (including phenoxy) is 2. The molecule has 3 nitrogen and oxygen atoms in total. The number of aryl methyl sites for hydroxylation is 1. The second kappa shape index (κ2) is 7.05. The average Bonchev–Trinajstić information content (AvgIpc) is 2.59. The van der Waals surface area contributed by atoms with Gasteiger partial charge in [-0.05, 0) is 29.8 Å². The van der Waals surface area contributed by atoms with E-state index in [1.807, 2.05) is 61.5 Å². The fourth-order valence-electron chi connectivity index (χ4n) is 2.57. The van der Waals surface area contributed by atoms with E-state index in [1.54, 1.807) is 14.2 Å². The first-order valence-corrected chi connectivity index (χ1v) is 8.33. The molecule has 0 saturated carbocycles. The molecule has 122 valence electrons. The number of halogens is 1. The van der Waals surface area contributed by atoms with Crippen molar-refractivity contribution in [1.29, 1.82) is 0 Å². The summed E-state index contributed by atoms with van der Waals surface area (Å²) in [5.41, 5.74) is 1.10. The van der Waals surface area contributed by atoms with Crippen molar-refractivity contribution in [3.05, 3.63) is 64.0 Å². The molecule has 0 atom stereocenters. The summed E-state index contributed by atoms with van der Waals surface area (Å²) in [7, 11) is 3.27. The third-order valence-electron chi connectivity index (χ3n) is 3.75. The molecule has 0 saturated heterocycles. The number of benzene rings is 2. The Balaban J connectivity index is 2.10. The monoisotopic (exact) mass is 385 g/mol. The first-order chi connectivity index (χ1) is 11.6. The maximum Gasteiger partial charge on any atom is 0.360 e. The molecular formula is C20H18BrO3+. The molecular weight excluding hydrogens is 368 g/mol. The van der Waals surface area contributed by atoms with Gasteiger partial charge in [0.05, 0.1) is 26.5 Å². The van der Waals surface area contributed by atoms with Gasteiger partial charge in [-0.2, -0.15) is 0 Å². The van der Waals surface area contributed by atoms with Crippen LogP contribution in [0.1, 0.15) is 17.1 Å². The molecule has 1 heterocycles. The molecule has 0 spiro atoms. The van der Waals surface area contributed by atoms with Crippen LogP contribution in [-0.2, 0) is 0 Å². The van der Waals surface area contributed by atoms with Crippen LogP contribution in [-0.4, -0.2) is 14.2 Å². The van der Waals surface area contributed by atoms with Gasteiger partial charge in [0.15, 0.2) is 11.5 Å². The van der Waals surface area contributed by atoms with E-state index in [4.69, 9.17) is 13.9 Å². The molecule has 0 radical (unpaired) electrons. The van der Waals surface area contributed by atoms with Crippen molar-refractivity contribution in [2.75, 3.05) is 14.2 Å². The normalized spacial score (nSPS) is 11.2. The van der Waals surface area contributed by atoms with Gasteiger partial charge in [-0.15, -0.1) is 0 Å². The van der Waals surface area contributed by atoms with Crippen LogP contribution in [0.5, 0.6) is 11.5 Å². The third kappa shape index (κ3) is 3.44. The van der Waals surface area contributed by atoms with Crippen molar-refractivity contribution >= 4 is 38.9 Å². The molecule has 0 aliphatic heterocycles. The topological polar surface area (TPSA) is 29.8 Å². The van der Waals surface area contributed by atoms with Gasteiger partial charge in [0.2, 0.25) is 0 Å². The van der Waals surface area contributed by atoms with Crippen molar-refractivity contribution in [2.24, 2.45) is 0 Å². The minimum Gasteiger partial charge on any atom is -0.493 e. The van der Waals surface area contributed by atoms with E-state index in [9.17, 15) is 0 Å². The van der Waals surface area contributed by atoms with E-state index < -0.39 is 0 Å². The lowest BCUT2D eigenvalue weighted by Crippen LogP contribution is -1.92. The number of fused-ring (bicyclic) bond motifs is 1. The Morgan fingerprint density at radius 1 is 0.917 bits per heavy atom. The minimum atomic E-state index is 0.683. The summed E-state index contributed by atoms with van der Waals surface area (Å²) in [4.78, 5) is 0. The Morgan fingerprint density at radius 2 is 1.58 bits per heavy atom. The lowest BCUT2D eigenvalue weighted by molar-refractivity contribution is 0.355. The lowest BCUT2D eigenvalue weighted by atomic mass is 10.1. The molecule has 0 aliphatic carbocycles. The number of hydrogen-bond donors (Lipinski definition) is 0. The summed E-state index contributed by atoms with van der Waals surface area (Å²) in [5, 5.41) is 2.03. The SMILES string of the molecule is COc1cc2cc(C)[o+]c(/C=C/c3ccc(Br)cc3)c2cc1OC. The smallest absolute Gasteiger partial charge is 0.360 e. The second-order valence-electron chi connectivity index (χ2n) is 5.40. The van der Waals surface area contributed by atoms with Crippen molar-refractivity contribution in [2.45, 2.75) is 6.92 Å². The molecule has 24 heavy (non-hydrogen) atoms. The highest BCUT2D eigenvalue weighted by atomic mass is 79.9. The van der Waals surface area contributed by atoms with E-state index in [0.29, 0.717) is 11.5 Å². The summed E-state index contributed by atoms with van der Waals surface area (Å²) >= 11 is 3.44. The highest BCUT2D eigenvalue weighted by Gasteiger charge is 2.17. The standard InChI is InChI=1S/C20H18BrO3/c1-13-10-15-11-19(22-2)20(23-3)12-17(15)18(24-13)9-6-14-4-7-16(21)8-5-14/h4-12H,1-3H3/q+1/b9-6+. The van der Waals surface area contributed by atoms with Gasteiger partial charge in [-0.1, -0.05) is 28.1 Å². The van der Waals surface area contributed by atoms with Crippen LogP contribution >= 0.6 is 15.9 Å². The predicted octanol–water partition coefficient (Wildman–Crippen LogP) is 5.97. The van der Waals surface area contributed by atoms with Gasteiger partial charge in [0, 0.05) is 28.1 Å². The molecule has 0 aliphatic rings. The molecule has 3 aromatic rings. The number of rotatable bonds is 4. The Labute approximate surface area is 149 Å². The predicted molar refractivity (Wildman–Crippen MR) is 102 cm³/mol. The van der Waals surface area contributed by atoms with E-state index in [2.05, 4.69) is 15.9 Å². The maximum absolute atomic E-state index is 5.92. The van der Waals surface area contributed by atoms with Crippen molar-refractivity contribution in [3.8, 4) is 11.5 Å². The highest BCUT2D eigenvalue weighted by molar-refractivity contribution is 9.10. The van der Waals surface area contributed by atoms with Crippen molar-refractivity contribution in [3.63, 3.8) is 0 Å². The maximum atomic E-state index is 5.92. The first-order valence-electron chi connectivity index (χ1n) is 7.54. The fraction of sp³-hybridized carbons (Fsp3) is 0.150. The molecule has 0 bridgehead atoms. The summed E-state index contributed by atoms with van der Waals surface area (Å²) in [6.45, 7) is 1.94. The van der Waals surface area contributed by atoms with Gasteiger partial charge in [0.25, 0.3) is 0 Å². The van der Waals surface area contributed by atoms with Crippen LogP contribution in [0.4, 0.5) is 0 Å². The Morgan fingerprint density at radius 3 is 2.25 bits per heavy atom. The average molecular weight is 386 g/mol.